The molecule has 1 amide bonds. The summed E-state index contributed by atoms with van der Waals surface area (Å²) in [6.07, 6.45) is -4.75. The highest BCUT2D eigenvalue weighted by atomic mass is 19.4. The van der Waals surface area contributed by atoms with Crippen molar-refractivity contribution < 1.29 is 27.4 Å². The van der Waals surface area contributed by atoms with Crippen molar-refractivity contribution in [3.8, 4) is 11.5 Å². The van der Waals surface area contributed by atoms with Gasteiger partial charge in [-0.05, 0) is 48.5 Å². The van der Waals surface area contributed by atoms with E-state index >= 15 is 0 Å². The van der Waals surface area contributed by atoms with Crippen LogP contribution < -0.4 is 14.4 Å². The Bertz CT molecular complexity index is 768. The van der Waals surface area contributed by atoms with Crippen LogP contribution in [-0.4, -0.2) is 50.5 Å². The maximum atomic E-state index is 12.6. The zero-order valence-electron chi connectivity index (χ0n) is 14.7. The highest BCUT2D eigenvalue weighted by molar-refractivity contribution is 5.94. The van der Waals surface area contributed by atoms with Gasteiger partial charge in [-0.25, -0.2) is 0 Å². The van der Waals surface area contributed by atoms with Crippen LogP contribution >= 0.6 is 0 Å². The van der Waals surface area contributed by atoms with Gasteiger partial charge in [0.05, 0.1) is 7.11 Å². The molecule has 0 N–H and O–H groups in total. The number of piperazine rings is 1. The highest BCUT2D eigenvalue weighted by Gasteiger charge is 2.31. The van der Waals surface area contributed by atoms with Gasteiger partial charge in [-0.15, -0.1) is 13.2 Å². The lowest BCUT2D eigenvalue weighted by Gasteiger charge is -2.36. The summed E-state index contributed by atoms with van der Waals surface area (Å²) in [7, 11) is 1.61. The standard InChI is InChI=1S/C19H19F3N2O3/c1-26-16-8-4-15(5-9-16)23-10-12-24(13-11-23)18(25)14-2-6-17(7-3-14)27-19(20,21)22/h2-9H,10-13H2,1H3. The number of carbonyl (C=O) groups is 1. The van der Waals surface area contributed by atoms with E-state index in [1.807, 2.05) is 24.3 Å². The van der Waals surface area contributed by atoms with Crippen LogP contribution in [0.2, 0.25) is 0 Å². The molecule has 0 aromatic heterocycles. The number of amides is 1. The van der Waals surface area contributed by atoms with Crippen molar-refractivity contribution in [2.45, 2.75) is 6.36 Å². The number of methoxy groups -OCH3 is 1. The quantitative estimate of drug-likeness (QED) is 0.814. The number of carbonyl (C=O) groups excluding carboxylic acids is 1. The van der Waals surface area contributed by atoms with Gasteiger partial charge < -0.3 is 19.3 Å². The number of anilines is 1. The van der Waals surface area contributed by atoms with Crippen LogP contribution in [0.25, 0.3) is 0 Å². The van der Waals surface area contributed by atoms with Crippen molar-refractivity contribution in [3.63, 3.8) is 0 Å². The van der Waals surface area contributed by atoms with Crippen molar-refractivity contribution in [1.82, 2.24) is 4.90 Å². The molecule has 1 fully saturated rings. The molecule has 1 aliphatic rings. The first kappa shape index (κ1) is 18.9. The second-order valence-corrected chi connectivity index (χ2v) is 6.05. The van der Waals surface area contributed by atoms with Crippen molar-refractivity contribution in [3.05, 3.63) is 54.1 Å². The predicted octanol–water partition coefficient (Wildman–Crippen LogP) is 3.56. The zero-order chi connectivity index (χ0) is 19.4. The minimum atomic E-state index is -4.75. The summed E-state index contributed by atoms with van der Waals surface area (Å²) in [6.45, 7) is 2.41. The molecule has 2 aromatic rings. The Morgan fingerprint density at radius 2 is 1.44 bits per heavy atom. The lowest BCUT2D eigenvalue weighted by molar-refractivity contribution is -0.274. The Balaban J connectivity index is 1.57. The largest absolute Gasteiger partial charge is 0.573 e. The second-order valence-electron chi connectivity index (χ2n) is 6.05. The Morgan fingerprint density at radius 1 is 0.889 bits per heavy atom. The molecule has 0 saturated carbocycles. The lowest BCUT2D eigenvalue weighted by Crippen LogP contribution is -2.48. The smallest absolute Gasteiger partial charge is 0.497 e. The van der Waals surface area contributed by atoms with Crippen molar-refractivity contribution >= 4 is 11.6 Å². The zero-order valence-corrected chi connectivity index (χ0v) is 14.7. The van der Waals surface area contributed by atoms with Gasteiger partial charge in [0.1, 0.15) is 11.5 Å². The summed E-state index contributed by atoms with van der Waals surface area (Å²) < 4.78 is 45.6. The molecule has 0 unspecified atom stereocenters. The average molecular weight is 380 g/mol. The van der Waals surface area contributed by atoms with Crippen LogP contribution in [-0.2, 0) is 0 Å². The fourth-order valence-electron chi connectivity index (χ4n) is 2.94. The van der Waals surface area contributed by atoms with Crippen LogP contribution in [0.15, 0.2) is 48.5 Å². The number of hydrogen-bond acceptors (Lipinski definition) is 4. The van der Waals surface area contributed by atoms with Gasteiger partial charge in [-0.3, -0.25) is 4.79 Å². The molecule has 144 valence electrons. The van der Waals surface area contributed by atoms with Gasteiger partial charge >= 0.3 is 6.36 Å². The number of nitrogens with zero attached hydrogens (tertiary/aromatic N) is 2. The van der Waals surface area contributed by atoms with E-state index in [-0.39, 0.29) is 11.7 Å². The van der Waals surface area contributed by atoms with Crippen molar-refractivity contribution in [2.24, 2.45) is 0 Å². The molecule has 0 atom stereocenters. The average Bonchev–Trinajstić information content (AvgIpc) is 2.67. The summed E-state index contributed by atoms with van der Waals surface area (Å²) >= 11 is 0. The maximum Gasteiger partial charge on any atom is 0.573 e. The molecular formula is C19H19F3N2O3. The summed E-state index contributed by atoms with van der Waals surface area (Å²) in [5.74, 6) is 0.233. The number of rotatable bonds is 4. The number of halogens is 3. The van der Waals surface area contributed by atoms with Gasteiger partial charge in [0.2, 0.25) is 0 Å². The number of benzene rings is 2. The third-order valence-corrected chi connectivity index (χ3v) is 4.34. The van der Waals surface area contributed by atoms with E-state index in [0.29, 0.717) is 31.7 Å². The van der Waals surface area contributed by atoms with Crippen molar-refractivity contribution in [2.75, 3.05) is 38.2 Å². The van der Waals surface area contributed by atoms with Crippen LogP contribution in [0, 0.1) is 0 Å². The Hall–Kier alpha value is -2.90. The second kappa shape index (κ2) is 7.77. The normalized spacial score (nSPS) is 14.8. The van der Waals surface area contributed by atoms with Gasteiger partial charge in [-0.1, -0.05) is 0 Å². The summed E-state index contributed by atoms with van der Waals surface area (Å²) in [5, 5.41) is 0. The van der Waals surface area contributed by atoms with E-state index < -0.39 is 6.36 Å². The first-order valence-electron chi connectivity index (χ1n) is 8.40. The van der Waals surface area contributed by atoms with E-state index in [2.05, 4.69) is 9.64 Å². The van der Waals surface area contributed by atoms with E-state index in [0.717, 1.165) is 23.6 Å². The van der Waals surface area contributed by atoms with E-state index in [9.17, 15) is 18.0 Å². The fourth-order valence-corrected chi connectivity index (χ4v) is 2.94. The minimum absolute atomic E-state index is 0.206. The molecule has 1 heterocycles. The van der Waals surface area contributed by atoms with Crippen LogP contribution in [0.4, 0.5) is 18.9 Å². The van der Waals surface area contributed by atoms with Crippen molar-refractivity contribution in [1.29, 1.82) is 0 Å². The lowest BCUT2D eigenvalue weighted by atomic mass is 10.1. The molecule has 0 bridgehead atoms. The summed E-state index contributed by atoms with van der Waals surface area (Å²) in [6, 6.07) is 12.7. The third kappa shape index (κ3) is 4.84. The monoisotopic (exact) mass is 380 g/mol. The Kier molecular flexibility index (Phi) is 5.43. The van der Waals surface area contributed by atoms with E-state index in [4.69, 9.17) is 4.74 Å². The first-order chi connectivity index (χ1) is 12.9. The molecule has 1 aliphatic heterocycles. The summed E-state index contributed by atoms with van der Waals surface area (Å²) in [5.41, 5.74) is 1.39. The van der Waals surface area contributed by atoms with Crippen LogP contribution in [0.5, 0.6) is 11.5 Å². The Labute approximate surface area is 154 Å². The third-order valence-electron chi connectivity index (χ3n) is 4.34. The molecule has 3 rings (SSSR count). The van der Waals surface area contributed by atoms with Gasteiger partial charge in [0, 0.05) is 37.4 Å². The number of hydrogen-bond donors (Lipinski definition) is 0. The molecule has 0 spiro atoms. The van der Waals surface area contributed by atoms with Gasteiger partial charge in [-0.2, -0.15) is 0 Å². The number of alkyl halides is 3. The molecule has 0 radical (unpaired) electrons. The van der Waals surface area contributed by atoms with E-state index in [1.165, 1.54) is 12.1 Å². The Morgan fingerprint density at radius 3 is 1.96 bits per heavy atom. The molecule has 27 heavy (non-hydrogen) atoms. The van der Waals surface area contributed by atoms with Gasteiger partial charge in [0.25, 0.3) is 5.91 Å². The molecule has 5 nitrogen and oxygen atoms in total. The fraction of sp³-hybridized carbons (Fsp3) is 0.316. The van der Waals surface area contributed by atoms with Gasteiger partial charge in [0.15, 0.2) is 0 Å². The topological polar surface area (TPSA) is 42.0 Å². The molecule has 0 aliphatic carbocycles. The maximum absolute atomic E-state index is 12.6. The van der Waals surface area contributed by atoms with Crippen LogP contribution in [0.1, 0.15) is 10.4 Å². The van der Waals surface area contributed by atoms with E-state index in [1.54, 1.807) is 12.0 Å². The summed E-state index contributed by atoms with van der Waals surface area (Å²) in [4.78, 5) is 16.4. The highest BCUT2D eigenvalue weighted by Crippen LogP contribution is 2.24. The minimum Gasteiger partial charge on any atom is -0.497 e. The molecular weight excluding hydrogens is 361 g/mol. The predicted molar refractivity (Wildman–Crippen MR) is 94.2 cm³/mol. The van der Waals surface area contributed by atoms with Crippen LogP contribution in [0.3, 0.4) is 0 Å². The molecule has 1 saturated heterocycles. The SMILES string of the molecule is COc1ccc(N2CCN(C(=O)c3ccc(OC(F)(F)F)cc3)CC2)cc1. The molecule has 2 aromatic carbocycles. The first-order valence-corrected chi connectivity index (χ1v) is 8.40. The number of ether oxygens (including phenoxy) is 2. The molecule has 8 heteroatoms.